The van der Waals surface area contributed by atoms with Gasteiger partial charge in [-0.15, -0.1) is 0 Å². The average Bonchev–Trinajstić information content (AvgIpc) is 3.14. The maximum Gasteiger partial charge on any atom is 0.274 e. The molecule has 0 saturated carbocycles. The number of hydrazone groups is 1. The zero-order chi connectivity index (χ0) is 18.8. The van der Waals surface area contributed by atoms with E-state index in [-0.39, 0.29) is 11.7 Å². The summed E-state index contributed by atoms with van der Waals surface area (Å²) in [7, 11) is 0. The fourth-order valence-corrected chi connectivity index (χ4v) is 3.48. The summed E-state index contributed by atoms with van der Waals surface area (Å²) in [6, 6.07) is 22.8. The van der Waals surface area contributed by atoms with E-state index in [2.05, 4.69) is 21.0 Å². The van der Waals surface area contributed by atoms with E-state index in [4.69, 9.17) is 0 Å². The van der Waals surface area contributed by atoms with Gasteiger partial charge in [0.2, 0.25) is 0 Å². The minimum Gasteiger partial charge on any atom is -0.267 e. The molecule has 0 saturated heterocycles. The molecule has 1 heterocycles. The first kappa shape index (κ1) is 17.6. The van der Waals surface area contributed by atoms with Crippen molar-refractivity contribution in [3.05, 3.63) is 106 Å². The van der Waals surface area contributed by atoms with Crippen LogP contribution in [0.4, 0.5) is 4.39 Å². The molecule has 3 aromatic carbocycles. The first-order chi connectivity index (χ1) is 13.1. The molecule has 3 aromatic rings. The molecule has 5 heteroatoms. The van der Waals surface area contributed by atoms with Gasteiger partial charge in [0.1, 0.15) is 5.82 Å². The largest absolute Gasteiger partial charge is 0.274 e. The number of benzene rings is 3. The third kappa shape index (κ3) is 3.55. The van der Waals surface area contributed by atoms with E-state index in [1.54, 1.807) is 42.5 Å². The molecular formula is C22H16BrFN2O. The van der Waals surface area contributed by atoms with E-state index in [1.807, 2.05) is 30.3 Å². The van der Waals surface area contributed by atoms with Crippen LogP contribution in [0.2, 0.25) is 0 Å². The molecule has 0 bridgehead atoms. The van der Waals surface area contributed by atoms with Crippen LogP contribution in [-0.4, -0.2) is 16.6 Å². The number of nitrogens with zero attached hydrogens (tertiary/aromatic N) is 2. The van der Waals surface area contributed by atoms with Gasteiger partial charge in [-0.3, -0.25) is 4.79 Å². The van der Waals surface area contributed by atoms with Gasteiger partial charge in [-0.25, -0.2) is 9.40 Å². The Morgan fingerprint density at radius 3 is 2.33 bits per heavy atom. The molecule has 0 aliphatic carbocycles. The Balaban J connectivity index is 1.75. The summed E-state index contributed by atoms with van der Waals surface area (Å²) in [6.45, 7) is 0. The van der Waals surface area contributed by atoms with E-state index in [0.717, 1.165) is 15.7 Å². The quantitative estimate of drug-likeness (QED) is 0.542. The van der Waals surface area contributed by atoms with Crippen LogP contribution in [0, 0.1) is 5.82 Å². The molecule has 0 unspecified atom stereocenters. The summed E-state index contributed by atoms with van der Waals surface area (Å²) in [5.41, 5.74) is 2.68. The average molecular weight is 423 g/mol. The number of amides is 1. The molecule has 1 aliphatic rings. The van der Waals surface area contributed by atoms with Crippen molar-refractivity contribution in [3.8, 4) is 0 Å². The van der Waals surface area contributed by atoms with Gasteiger partial charge in [0, 0.05) is 22.0 Å². The molecule has 0 spiro atoms. The Kier molecular flexibility index (Phi) is 4.86. The molecule has 0 radical (unpaired) electrons. The van der Waals surface area contributed by atoms with Crippen LogP contribution in [0.1, 0.15) is 33.9 Å². The van der Waals surface area contributed by atoms with Crippen LogP contribution in [0.5, 0.6) is 0 Å². The van der Waals surface area contributed by atoms with Gasteiger partial charge in [0.25, 0.3) is 5.91 Å². The predicted molar refractivity (Wildman–Crippen MR) is 107 cm³/mol. The van der Waals surface area contributed by atoms with Gasteiger partial charge in [0.05, 0.1) is 11.8 Å². The van der Waals surface area contributed by atoms with Crippen molar-refractivity contribution in [1.82, 2.24) is 5.01 Å². The number of rotatable bonds is 3. The predicted octanol–water partition coefficient (Wildman–Crippen LogP) is 5.58. The Bertz CT molecular complexity index is 1000. The van der Waals surface area contributed by atoms with Crippen molar-refractivity contribution in [3.63, 3.8) is 0 Å². The molecule has 0 fully saturated rings. The third-order valence-electron chi connectivity index (χ3n) is 4.58. The second kappa shape index (κ2) is 7.45. The van der Waals surface area contributed by atoms with Gasteiger partial charge < -0.3 is 0 Å². The highest BCUT2D eigenvalue weighted by Gasteiger charge is 2.35. The second-order valence-electron chi connectivity index (χ2n) is 6.31. The highest BCUT2D eigenvalue weighted by atomic mass is 79.9. The van der Waals surface area contributed by atoms with Crippen LogP contribution in [0.3, 0.4) is 0 Å². The lowest BCUT2D eigenvalue weighted by Crippen LogP contribution is -2.27. The van der Waals surface area contributed by atoms with E-state index in [9.17, 15) is 9.18 Å². The van der Waals surface area contributed by atoms with Crippen molar-refractivity contribution in [2.24, 2.45) is 5.10 Å². The molecule has 1 amide bonds. The topological polar surface area (TPSA) is 32.7 Å². The molecule has 27 heavy (non-hydrogen) atoms. The highest BCUT2D eigenvalue weighted by molar-refractivity contribution is 9.10. The lowest BCUT2D eigenvalue weighted by Gasteiger charge is -2.22. The number of halogens is 2. The molecular weight excluding hydrogens is 407 g/mol. The van der Waals surface area contributed by atoms with Gasteiger partial charge in [0.15, 0.2) is 0 Å². The van der Waals surface area contributed by atoms with Gasteiger partial charge >= 0.3 is 0 Å². The first-order valence-corrected chi connectivity index (χ1v) is 9.39. The molecule has 134 valence electrons. The van der Waals surface area contributed by atoms with Gasteiger partial charge in [-0.05, 0) is 35.9 Å². The molecule has 3 nitrogen and oxygen atoms in total. The van der Waals surface area contributed by atoms with Crippen LogP contribution in [0.25, 0.3) is 0 Å². The second-order valence-corrected chi connectivity index (χ2v) is 7.23. The van der Waals surface area contributed by atoms with E-state index in [0.29, 0.717) is 17.5 Å². The van der Waals surface area contributed by atoms with Crippen LogP contribution in [-0.2, 0) is 0 Å². The minimum absolute atomic E-state index is 0.240. The van der Waals surface area contributed by atoms with Crippen molar-refractivity contribution in [2.45, 2.75) is 12.5 Å². The SMILES string of the molecule is O=C(c1ccccc1)N1N=C(c2ccc(Br)cc2)C[C@@H]1c1ccccc1F. The Morgan fingerprint density at radius 1 is 0.963 bits per heavy atom. The molecule has 0 aromatic heterocycles. The molecule has 1 atom stereocenters. The van der Waals surface area contributed by atoms with Gasteiger partial charge in [-0.2, -0.15) is 5.10 Å². The smallest absolute Gasteiger partial charge is 0.267 e. The Morgan fingerprint density at radius 2 is 1.63 bits per heavy atom. The van der Waals surface area contributed by atoms with E-state index < -0.39 is 6.04 Å². The fraction of sp³-hybridized carbons (Fsp3) is 0.0909. The summed E-state index contributed by atoms with van der Waals surface area (Å²) in [4.78, 5) is 13.1. The summed E-state index contributed by atoms with van der Waals surface area (Å²) in [6.07, 6.45) is 0.459. The summed E-state index contributed by atoms with van der Waals surface area (Å²) in [5, 5.41) is 5.99. The minimum atomic E-state index is -0.474. The van der Waals surface area contributed by atoms with Crippen LogP contribution in [0.15, 0.2) is 88.4 Å². The first-order valence-electron chi connectivity index (χ1n) is 8.60. The van der Waals surface area contributed by atoms with Gasteiger partial charge in [-0.1, -0.05) is 64.5 Å². The van der Waals surface area contributed by atoms with Crippen molar-refractivity contribution < 1.29 is 9.18 Å². The molecule has 1 aliphatic heterocycles. The maximum absolute atomic E-state index is 14.5. The van der Waals surface area contributed by atoms with E-state index >= 15 is 0 Å². The zero-order valence-corrected chi connectivity index (χ0v) is 15.9. The number of carbonyl (C=O) groups excluding carboxylic acids is 1. The van der Waals surface area contributed by atoms with Crippen molar-refractivity contribution >= 4 is 27.5 Å². The number of carbonyl (C=O) groups is 1. The molecule has 0 N–H and O–H groups in total. The normalized spacial score (nSPS) is 16.3. The zero-order valence-electron chi connectivity index (χ0n) is 14.3. The maximum atomic E-state index is 14.5. The number of hydrogen-bond acceptors (Lipinski definition) is 2. The monoisotopic (exact) mass is 422 g/mol. The van der Waals surface area contributed by atoms with Crippen LogP contribution >= 0.6 is 15.9 Å². The van der Waals surface area contributed by atoms with E-state index in [1.165, 1.54) is 11.1 Å². The third-order valence-corrected chi connectivity index (χ3v) is 5.11. The summed E-state index contributed by atoms with van der Waals surface area (Å²) in [5.74, 6) is -0.573. The highest BCUT2D eigenvalue weighted by Crippen LogP contribution is 2.35. The Labute approximate surface area is 165 Å². The lowest BCUT2D eigenvalue weighted by atomic mass is 9.97. The summed E-state index contributed by atoms with van der Waals surface area (Å²) >= 11 is 3.42. The van der Waals surface area contributed by atoms with Crippen molar-refractivity contribution in [2.75, 3.05) is 0 Å². The summed E-state index contributed by atoms with van der Waals surface area (Å²) < 4.78 is 15.4. The Hall–Kier alpha value is -2.79. The number of hydrogen-bond donors (Lipinski definition) is 0. The standard InChI is InChI=1S/C22H16BrFN2O/c23-17-12-10-15(11-13-17)20-14-21(18-8-4-5-9-19(18)24)26(25-20)22(27)16-6-2-1-3-7-16/h1-13,21H,14H2/t21-/m1/s1. The lowest BCUT2D eigenvalue weighted by molar-refractivity contribution is 0.0708. The van der Waals surface area contributed by atoms with Crippen LogP contribution < -0.4 is 0 Å². The van der Waals surface area contributed by atoms with Crippen molar-refractivity contribution in [1.29, 1.82) is 0 Å². The molecule has 4 rings (SSSR count). The fourth-order valence-electron chi connectivity index (χ4n) is 3.22.